The van der Waals surface area contributed by atoms with Crippen LogP contribution < -0.4 is 10.6 Å². The highest BCUT2D eigenvalue weighted by atomic mass is 127. The van der Waals surface area contributed by atoms with Crippen LogP contribution in [0.5, 0.6) is 0 Å². The van der Waals surface area contributed by atoms with Crippen LogP contribution >= 0.6 is 39.9 Å². The Bertz CT molecular complexity index is 631. The van der Waals surface area contributed by atoms with E-state index in [1.54, 1.807) is 7.05 Å². The van der Waals surface area contributed by atoms with Crippen molar-refractivity contribution in [3.8, 4) is 0 Å². The molecule has 3 rings (SSSR count). The number of likely N-dealkylation sites (tertiary alicyclic amines) is 1. The van der Waals surface area contributed by atoms with Crippen molar-refractivity contribution in [3.63, 3.8) is 0 Å². The van der Waals surface area contributed by atoms with Gasteiger partial charge >= 0.3 is 0 Å². The Kier molecular flexibility index (Phi) is 9.35. The Morgan fingerprint density at radius 3 is 2.56 bits per heavy atom. The van der Waals surface area contributed by atoms with Crippen molar-refractivity contribution in [2.45, 2.75) is 51.1 Å². The summed E-state index contributed by atoms with van der Waals surface area (Å²) in [7, 11) is 1.79. The van der Waals surface area contributed by atoms with Gasteiger partial charge in [-0.15, -0.1) is 24.0 Å². The first kappa shape index (κ1) is 22.5. The largest absolute Gasteiger partial charge is 0.352 e. The molecule has 27 heavy (non-hydrogen) atoms. The average Bonchev–Trinajstić information content (AvgIpc) is 3.15. The van der Waals surface area contributed by atoms with Crippen LogP contribution in [0.3, 0.4) is 0 Å². The molecule has 0 spiro atoms. The van der Waals surface area contributed by atoms with Gasteiger partial charge in [0.25, 0.3) is 0 Å². The van der Waals surface area contributed by atoms with Crippen molar-refractivity contribution in [1.82, 2.24) is 15.5 Å². The summed E-state index contributed by atoms with van der Waals surface area (Å²) >= 11 is 3.45. The van der Waals surface area contributed by atoms with Crippen molar-refractivity contribution in [1.29, 1.82) is 0 Å². The van der Waals surface area contributed by atoms with E-state index in [2.05, 4.69) is 48.6 Å². The standard InChI is InChI=1S/C20H29BrN4O.HI/c1-22-20(23-13-15-7-9-17(21)10-8-15)24-18-11-12-25(14-18)19(26)16-5-3-2-4-6-16;/h7-10,16,18H,2-6,11-14H2,1H3,(H2,22,23,24);1H. The average molecular weight is 549 g/mol. The number of guanidine groups is 1. The fraction of sp³-hybridized carbons (Fsp3) is 0.600. The molecule has 1 unspecified atom stereocenters. The first-order chi connectivity index (χ1) is 12.7. The molecule has 150 valence electrons. The maximum Gasteiger partial charge on any atom is 0.225 e. The molecule has 1 aliphatic carbocycles. The van der Waals surface area contributed by atoms with Crippen molar-refractivity contribution in [3.05, 3.63) is 34.3 Å². The quantitative estimate of drug-likeness (QED) is 0.341. The Labute approximate surface area is 187 Å². The molecule has 1 atom stereocenters. The van der Waals surface area contributed by atoms with Crippen LogP contribution in [0, 0.1) is 5.92 Å². The van der Waals surface area contributed by atoms with Gasteiger partial charge in [-0.2, -0.15) is 0 Å². The van der Waals surface area contributed by atoms with Gasteiger partial charge in [-0.25, -0.2) is 0 Å². The van der Waals surface area contributed by atoms with Crippen LogP contribution in [-0.4, -0.2) is 42.9 Å². The topological polar surface area (TPSA) is 56.7 Å². The first-order valence-corrected chi connectivity index (χ1v) is 10.5. The third kappa shape index (κ3) is 6.62. The first-order valence-electron chi connectivity index (χ1n) is 9.66. The van der Waals surface area contributed by atoms with E-state index in [1.165, 1.54) is 24.8 Å². The van der Waals surface area contributed by atoms with Crippen LogP contribution in [0.4, 0.5) is 0 Å². The lowest BCUT2D eigenvalue weighted by molar-refractivity contribution is -0.135. The zero-order valence-electron chi connectivity index (χ0n) is 15.9. The van der Waals surface area contributed by atoms with Gasteiger partial charge in [-0.3, -0.25) is 9.79 Å². The summed E-state index contributed by atoms with van der Waals surface area (Å²) in [6.07, 6.45) is 6.83. The van der Waals surface area contributed by atoms with E-state index in [4.69, 9.17) is 0 Å². The monoisotopic (exact) mass is 548 g/mol. The van der Waals surface area contributed by atoms with Crippen LogP contribution in [0.25, 0.3) is 0 Å². The summed E-state index contributed by atoms with van der Waals surface area (Å²) in [6, 6.07) is 8.53. The number of halogens is 2. The number of rotatable bonds is 4. The zero-order chi connectivity index (χ0) is 18.4. The molecule has 1 amide bonds. The lowest BCUT2D eigenvalue weighted by Gasteiger charge is -2.26. The molecular formula is C20H30BrIN4O. The van der Waals surface area contributed by atoms with Gasteiger partial charge in [0.2, 0.25) is 5.91 Å². The molecule has 2 fully saturated rings. The summed E-state index contributed by atoms with van der Waals surface area (Å²) in [5.41, 5.74) is 1.21. The molecule has 1 aromatic rings. The molecule has 5 nitrogen and oxygen atoms in total. The Hall–Kier alpha value is -0.830. The second-order valence-electron chi connectivity index (χ2n) is 7.30. The van der Waals surface area contributed by atoms with Crippen molar-refractivity contribution >= 4 is 51.8 Å². The highest BCUT2D eigenvalue weighted by molar-refractivity contribution is 14.0. The fourth-order valence-corrected chi connectivity index (χ4v) is 4.13. The normalized spacial score (nSPS) is 20.9. The number of nitrogens with zero attached hydrogens (tertiary/aromatic N) is 2. The van der Waals surface area contributed by atoms with Crippen LogP contribution in [0.15, 0.2) is 33.7 Å². The number of hydrogen-bond acceptors (Lipinski definition) is 2. The minimum atomic E-state index is 0. The Morgan fingerprint density at radius 1 is 1.19 bits per heavy atom. The molecule has 0 aromatic heterocycles. The van der Waals surface area contributed by atoms with Gasteiger partial charge < -0.3 is 15.5 Å². The number of carbonyl (C=O) groups excluding carboxylic acids is 1. The Morgan fingerprint density at radius 2 is 1.89 bits per heavy atom. The number of hydrogen-bond donors (Lipinski definition) is 2. The summed E-state index contributed by atoms with van der Waals surface area (Å²) in [6.45, 7) is 2.37. The molecule has 1 aromatic carbocycles. The number of carbonyl (C=O) groups is 1. The van der Waals surface area contributed by atoms with E-state index in [0.29, 0.717) is 5.91 Å². The van der Waals surface area contributed by atoms with Crippen molar-refractivity contribution < 1.29 is 4.79 Å². The highest BCUT2D eigenvalue weighted by Gasteiger charge is 2.31. The van der Waals surface area contributed by atoms with Gasteiger partial charge in [-0.1, -0.05) is 47.3 Å². The lowest BCUT2D eigenvalue weighted by Crippen LogP contribution is -2.45. The molecule has 1 saturated carbocycles. The van der Waals surface area contributed by atoms with Crippen molar-refractivity contribution in [2.75, 3.05) is 20.1 Å². The van der Waals surface area contributed by atoms with E-state index in [1.807, 2.05) is 12.1 Å². The number of aliphatic imine (C=N–C) groups is 1. The van der Waals surface area contributed by atoms with Gasteiger partial charge in [0, 0.05) is 43.1 Å². The second-order valence-corrected chi connectivity index (χ2v) is 8.22. The van der Waals surface area contributed by atoms with Crippen LogP contribution in [0.1, 0.15) is 44.1 Å². The predicted octanol–water partition coefficient (Wildman–Crippen LogP) is 3.91. The fourth-order valence-electron chi connectivity index (χ4n) is 3.86. The summed E-state index contributed by atoms with van der Waals surface area (Å²) in [5.74, 6) is 1.43. The predicted molar refractivity (Wildman–Crippen MR) is 124 cm³/mol. The SMILES string of the molecule is CN=C(NCc1ccc(Br)cc1)NC1CCN(C(=O)C2CCCCC2)C1.I. The van der Waals surface area contributed by atoms with E-state index in [9.17, 15) is 4.79 Å². The molecular weight excluding hydrogens is 519 g/mol. The second kappa shape index (κ2) is 11.2. The maximum atomic E-state index is 12.7. The molecule has 1 aliphatic heterocycles. The van der Waals surface area contributed by atoms with Crippen molar-refractivity contribution in [2.24, 2.45) is 10.9 Å². The van der Waals surface area contributed by atoms with E-state index >= 15 is 0 Å². The van der Waals surface area contributed by atoms with Gasteiger partial charge in [0.15, 0.2) is 5.96 Å². The summed E-state index contributed by atoms with van der Waals surface area (Å²) in [4.78, 5) is 19.1. The van der Waals surface area contributed by atoms with E-state index in [0.717, 1.165) is 49.3 Å². The molecule has 1 saturated heterocycles. The summed E-state index contributed by atoms with van der Waals surface area (Å²) in [5, 5.41) is 6.83. The van der Waals surface area contributed by atoms with Crippen LogP contribution in [-0.2, 0) is 11.3 Å². The third-order valence-corrected chi connectivity index (χ3v) is 5.92. The molecule has 0 bridgehead atoms. The smallest absolute Gasteiger partial charge is 0.225 e. The number of benzene rings is 1. The molecule has 7 heteroatoms. The minimum absolute atomic E-state index is 0. The molecule has 0 radical (unpaired) electrons. The number of amides is 1. The van der Waals surface area contributed by atoms with Crippen LogP contribution in [0.2, 0.25) is 0 Å². The molecule has 2 aliphatic rings. The molecule has 2 N–H and O–H groups in total. The van der Waals surface area contributed by atoms with Gasteiger partial charge in [-0.05, 0) is 37.0 Å². The zero-order valence-corrected chi connectivity index (χ0v) is 19.8. The van der Waals surface area contributed by atoms with E-state index in [-0.39, 0.29) is 35.9 Å². The van der Waals surface area contributed by atoms with Gasteiger partial charge in [0.05, 0.1) is 0 Å². The Balaban J connectivity index is 0.00000261. The lowest BCUT2D eigenvalue weighted by atomic mass is 9.88. The van der Waals surface area contributed by atoms with Gasteiger partial charge in [0.1, 0.15) is 0 Å². The minimum Gasteiger partial charge on any atom is -0.352 e. The third-order valence-electron chi connectivity index (χ3n) is 5.39. The highest BCUT2D eigenvalue weighted by Crippen LogP contribution is 2.26. The maximum absolute atomic E-state index is 12.7. The van der Waals surface area contributed by atoms with E-state index < -0.39 is 0 Å². The number of nitrogens with one attached hydrogen (secondary N) is 2. The molecule has 1 heterocycles. The summed E-state index contributed by atoms with van der Waals surface area (Å²) < 4.78 is 1.08.